The van der Waals surface area contributed by atoms with Crippen LogP contribution in [0.5, 0.6) is 0 Å². The van der Waals surface area contributed by atoms with Crippen molar-refractivity contribution < 1.29 is 24.5 Å². The van der Waals surface area contributed by atoms with Gasteiger partial charge in [-0.2, -0.15) is 0 Å². The summed E-state index contributed by atoms with van der Waals surface area (Å²) >= 11 is 0. The first kappa shape index (κ1) is 68.1. The summed E-state index contributed by atoms with van der Waals surface area (Å²) in [6.07, 6.45) is 74.6. The summed E-state index contributed by atoms with van der Waals surface area (Å²) in [4.78, 5) is 24.5. The molecule has 0 saturated carbocycles. The van der Waals surface area contributed by atoms with Gasteiger partial charge in [-0.15, -0.1) is 0 Å². The molecule has 0 aromatic carbocycles. The molecule has 0 saturated heterocycles. The van der Waals surface area contributed by atoms with Crippen molar-refractivity contribution in [3.05, 3.63) is 36.5 Å². The van der Waals surface area contributed by atoms with E-state index >= 15 is 0 Å². The third-order valence-corrected chi connectivity index (χ3v) is 14.4. The van der Waals surface area contributed by atoms with E-state index in [1.807, 2.05) is 6.08 Å². The molecule has 0 bridgehead atoms. The lowest BCUT2D eigenvalue weighted by Gasteiger charge is -2.20. The maximum absolute atomic E-state index is 12.5. The molecule has 1 amide bonds. The van der Waals surface area contributed by atoms with Crippen LogP contribution in [0.15, 0.2) is 36.5 Å². The Hall–Kier alpha value is -1.92. The Labute approximate surface area is 436 Å². The third-order valence-electron chi connectivity index (χ3n) is 14.4. The zero-order valence-corrected chi connectivity index (χ0v) is 47.0. The molecule has 0 aromatic heterocycles. The van der Waals surface area contributed by atoms with E-state index in [1.165, 1.54) is 244 Å². The number of carbonyl (C=O) groups is 2. The smallest absolute Gasteiger partial charge is 0.305 e. The lowest BCUT2D eigenvalue weighted by molar-refractivity contribution is -0.143. The highest BCUT2D eigenvalue weighted by atomic mass is 16.5. The number of hydrogen-bond acceptors (Lipinski definition) is 5. The minimum Gasteiger partial charge on any atom is -0.466 e. The molecule has 2 unspecified atom stereocenters. The molecule has 0 rings (SSSR count). The number of nitrogens with one attached hydrogen (secondary N) is 1. The monoisotopic (exact) mass is 984 g/mol. The van der Waals surface area contributed by atoms with Crippen molar-refractivity contribution in [2.24, 2.45) is 0 Å². The maximum atomic E-state index is 12.5. The molecule has 0 radical (unpaired) electrons. The van der Waals surface area contributed by atoms with Crippen LogP contribution in [0.2, 0.25) is 0 Å². The molecule has 6 nitrogen and oxygen atoms in total. The Bertz CT molecular complexity index is 1130. The van der Waals surface area contributed by atoms with Crippen LogP contribution >= 0.6 is 0 Å². The summed E-state index contributed by atoms with van der Waals surface area (Å²) in [5.74, 6) is -0.0888. The summed E-state index contributed by atoms with van der Waals surface area (Å²) in [7, 11) is 0. The second-order valence-electron chi connectivity index (χ2n) is 21.4. The Morgan fingerprint density at radius 3 is 1.13 bits per heavy atom. The third kappa shape index (κ3) is 55.4. The predicted molar refractivity (Wildman–Crippen MR) is 306 cm³/mol. The molecule has 0 aliphatic rings. The van der Waals surface area contributed by atoms with Crippen LogP contribution in [0.1, 0.15) is 335 Å². The van der Waals surface area contributed by atoms with E-state index in [9.17, 15) is 19.8 Å². The Kier molecular flexibility index (Phi) is 58.0. The van der Waals surface area contributed by atoms with Gasteiger partial charge in [0, 0.05) is 12.8 Å². The molecule has 0 spiro atoms. The van der Waals surface area contributed by atoms with E-state index in [0.29, 0.717) is 19.4 Å². The minimum absolute atomic E-state index is 0.0146. The number of hydrogen-bond donors (Lipinski definition) is 3. The highest BCUT2D eigenvalue weighted by Crippen LogP contribution is 2.18. The second kappa shape index (κ2) is 59.6. The van der Waals surface area contributed by atoms with E-state index in [2.05, 4.69) is 43.5 Å². The Balaban J connectivity index is 3.47. The van der Waals surface area contributed by atoms with Crippen molar-refractivity contribution in [1.82, 2.24) is 5.32 Å². The van der Waals surface area contributed by atoms with Gasteiger partial charge in [-0.1, -0.05) is 301 Å². The number of esters is 1. The molecule has 0 fully saturated rings. The number of carbonyl (C=O) groups excluding carboxylic acids is 2. The van der Waals surface area contributed by atoms with Crippen molar-refractivity contribution in [2.45, 2.75) is 347 Å². The number of aliphatic hydroxyl groups excluding tert-OH is 2. The number of ether oxygens (including phenoxy) is 1. The first-order chi connectivity index (χ1) is 34.5. The highest BCUT2D eigenvalue weighted by Gasteiger charge is 2.18. The number of allylic oxidation sites excluding steroid dienone is 5. The van der Waals surface area contributed by atoms with Gasteiger partial charge in [-0.3, -0.25) is 9.59 Å². The van der Waals surface area contributed by atoms with Crippen LogP contribution < -0.4 is 5.32 Å². The summed E-state index contributed by atoms with van der Waals surface area (Å²) < 4.78 is 5.47. The van der Waals surface area contributed by atoms with Gasteiger partial charge in [0.15, 0.2) is 0 Å². The summed E-state index contributed by atoms with van der Waals surface area (Å²) in [6.45, 7) is 4.86. The van der Waals surface area contributed by atoms with Gasteiger partial charge < -0.3 is 20.3 Å². The van der Waals surface area contributed by atoms with Gasteiger partial charge in [0.05, 0.1) is 25.4 Å². The SMILES string of the molecule is CCCC/C=C\C/C=C\CCCCCCCC(=O)OCCCCCCCCCCCCCCCCCC(=O)NC(CO)C(O)/C=C/CCCCCCCCCCCCCCCCCCCCCCCC. The van der Waals surface area contributed by atoms with E-state index in [1.54, 1.807) is 6.08 Å². The largest absolute Gasteiger partial charge is 0.466 e. The fourth-order valence-corrected chi connectivity index (χ4v) is 9.59. The first-order valence-corrected chi connectivity index (χ1v) is 31.3. The molecule has 0 aromatic rings. The van der Waals surface area contributed by atoms with E-state index in [0.717, 1.165) is 64.2 Å². The van der Waals surface area contributed by atoms with Crippen LogP contribution in [-0.2, 0) is 14.3 Å². The molecule has 3 N–H and O–H groups in total. The zero-order valence-electron chi connectivity index (χ0n) is 47.0. The summed E-state index contributed by atoms with van der Waals surface area (Å²) in [5.41, 5.74) is 0. The number of unbranched alkanes of at least 4 members (excludes halogenated alkanes) is 43. The van der Waals surface area contributed by atoms with E-state index < -0.39 is 12.1 Å². The second-order valence-corrected chi connectivity index (χ2v) is 21.4. The van der Waals surface area contributed by atoms with Gasteiger partial charge in [-0.25, -0.2) is 0 Å². The quantitative estimate of drug-likeness (QED) is 0.0321. The van der Waals surface area contributed by atoms with Crippen LogP contribution in [0.25, 0.3) is 0 Å². The van der Waals surface area contributed by atoms with Gasteiger partial charge in [0.25, 0.3) is 0 Å². The molecule has 0 aliphatic carbocycles. The molecule has 2 atom stereocenters. The fourth-order valence-electron chi connectivity index (χ4n) is 9.59. The molecule has 6 heteroatoms. The van der Waals surface area contributed by atoms with Gasteiger partial charge in [-0.05, 0) is 57.8 Å². The van der Waals surface area contributed by atoms with Crippen molar-refractivity contribution in [3.63, 3.8) is 0 Å². The maximum Gasteiger partial charge on any atom is 0.305 e. The first-order valence-electron chi connectivity index (χ1n) is 31.3. The normalized spacial score (nSPS) is 12.8. The average Bonchev–Trinajstić information content (AvgIpc) is 3.36. The Morgan fingerprint density at radius 2 is 0.729 bits per heavy atom. The number of aliphatic hydroxyl groups is 2. The zero-order chi connectivity index (χ0) is 50.7. The number of amides is 1. The van der Waals surface area contributed by atoms with Crippen molar-refractivity contribution in [3.8, 4) is 0 Å². The summed E-state index contributed by atoms with van der Waals surface area (Å²) in [5, 5.41) is 23.2. The van der Waals surface area contributed by atoms with Gasteiger partial charge in [0.1, 0.15) is 0 Å². The van der Waals surface area contributed by atoms with Gasteiger partial charge >= 0.3 is 5.97 Å². The van der Waals surface area contributed by atoms with E-state index in [-0.39, 0.29) is 18.5 Å². The standard InChI is InChI=1S/C64H121NO5/c1-3-5-7-9-11-13-15-17-19-20-21-22-23-24-25-26-27-29-32-36-40-44-48-52-56-62(67)61(60-66)65-63(68)57-53-49-45-41-37-33-30-28-31-35-39-43-47-51-55-59-70-64(69)58-54-50-46-42-38-34-18-16-14-12-10-8-6-4-2/h10,12,16,18,52,56,61-62,66-67H,3-9,11,13-15,17,19-51,53-55,57-60H2,1-2H3,(H,65,68)/b12-10-,18-16-,56-52+. The van der Waals surface area contributed by atoms with Crippen molar-refractivity contribution in [1.29, 1.82) is 0 Å². The van der Waals surface area contributed by atoms with Gasteiger partial charge in [0.2, 0.25) is 5.91 Å². The van der Waals surface area contributed by atoms with Crippen molar-refractivity contribution >= 4 is 11.9 Å². The molecule has 412 valence electrons. The minimum atomic E-state index is -0.852. The average molecular weight is 985 g/mol. The van der Waals surface area contributed by atoms with Crippen LogP contribution in [0.3, 0.4) is 0 Å². The van der Waals surface area contributed by atoms with Crippen molar-refractivity contribution in [2.75, 3.05) is 13.2 Å². The molecule has 70 heavy (non-hydrogen) atoms. The molecular weight excluding hydrogens is 863 g/mol. The van der Waals surface area contributed by atoms with Crippen LogP contribution in [0, 0.1) is 0 Å². The predicted octanol–water partition coefficient (Wildman–Crippen LogP) is 19.6. The molecule has 0 aliphatic heterocycles. The fraction of sp³-hybridized carbons (Fsp3) is 0.875. The topological polar surface area (TPSA) is 95.9 Å². The molecule has 0 heterocycles. The Morgan fingerprint density at radius 1 is 0.400 bits per heavy atom. The van der Waals surface area contributed by atoms with E-state index in [4.69, 9.17) is 4.74 Å². The number of rotatable bonds is 58. The summed E-state index contributed by atoms with van der Waals surface area (Å²) in [6, 6.07) is -0.637. The lowest BCUT2D eigenvalue weighted by atomic mass is 10.0. The molecular formula is C64H121NO5. The van der Waals surface area contributed by atoms with Crippen LogP contribution in [-0.4, -0.2) is 47.4 Å². The highest BCUT2D eigenvalue weighted by molar-refractivity contribution is 5.76. The van der Waals surface area contributed by atoms with Crippen LogP contribution in [0.4, 0.5) is 0 Å². The lowest BCUT2D eigenvalue weighted by Crippen LogP contribution is -2.45.